The Balaban J connectivity index is 0.00000468. The summed E-state index contributed by atoms with van der Waals surface area (Å²) in [6.07, 6.45) is 1.97. The second kappa shape index (κ2) is 15.1. The van der Waals surface area contributed by atoms with Gasteiger partial charge in [0.2, 0.25) is 5.91 Å². The molecule has 1 N–H and O–H groups in total. The van der Waals surface area contributed by atoms with E-state index in [9.17, 15) is 14.4 Å². The van der Waals surface area contributed by atoms with Crippen molar-refractivity contribution in [3.63, 3.8) is 0 Å². The monoisotopic (exact) mass is 684 g/mol. The zero-order chi connectivity index (χ0) is 33.8. The summed E-state index contributed by atoms with van der Waals surface area (Å²) in [5, 5.41) is 2.90. The number of hydrogen-bond acceptors (Lipinski definition) is 4. The van der Waals surface area contributed by atoms with Crippen molar-refractivity contribution in [2.24, 2.45) is 0 Å². The van der Waals surface area contributed by atoms with Gasteiger partial charge in [0.25, 0.3) is 17.7 Å². The molecule has 0 radical (unpaired) electrons. The molecule has 2 aliphatic rings. The largest absolute Gasteiger partial charge is 0.339 e. The fraction of sp³-hybridized carbons (Fsp3) is 0.256. The molecule has 4 aromatic rings. The Morgan fingerprint density at radius 2 is 1.43 bits per heavy atom. The summed E-state index contributed by atoms with van der Waals surface area (Å²) < 4.78 is 31.6. The van der Waals surface area contributed by atoms with Gasteiger partial charge in [-0.15, -0.1) is 12.4 Å². The number of nitrogens with zero attached hydrogens (tertiary/aromatic N) is 3. The van der Waals surface area contributed by atoms with Crippen LogP contribution in [0.3, 0.4) is 0 Å². The first kappa shape index (κ1) is 35.4. The molecule has 4 aromatic carbocycles. The molecule has 0 aliphatic carbocycles. The van der Waals surface area contributed by atoms with Gasteiger partial charge < -0.3 is 20.0 Å². The molecule has 6 rings (SSSR count). The van der Waals surface area contributed by atoms with Crippen molar-refractivity contribution >= 4 is 47.1 Å². The van der Waals surface area contributed by atoms with Crippen molar-refractivity contribution in [3.05, 3.63) is 126 Å². The first-order chi connectivity index (χ1) is 23.1. The highest BCUT2D eigenvalue weighted by Crippen LogP contribution is 2.43. The number of allylic oxidation sites excluding steroid dienone is 1. The topological polar surface area (TPSA) is 73.0 Å². The molecular formula is C39H39ClF2N4O3. The molecule has 0 saturated carbocycles. The highest BCUT2D eigenvalue weighted by molar-refractivity contribution is 6.11. The fourth-order valence-electron chi connectivity index (χ4n) is 6.42. The van der Waals surface area contributed by atoms with Crippen LogP contribution < -0.4 is 10.2 Å². The number of fused-ring (bicyclic) bond motifs is 1. The van der Waals surface area contributed by atoms with E-state index in [0.717, 1.165) is 43.1 Å². The van der Waals surface area contributed by atoms with Crippen LogP contribution in [-0.2, 0) is 4.79 Å². The van der Waals surface area contributed by atoms with E-state index in [2.05, 4.69) is 10.2 Å². The summed E-state index contributed by atoms with van der Waals surface area (Å²) >= 11 is 0. The zero-order valence-electron chi connectivity index (χ0n) is 27.4. The SMILES string of the molecule is CN1CCC(N(C)C(=O)/C=C2/c3ccccc3N(C(=O)c3ccc(NC(=O)c4ccccc4-c4ccccc4)cc3)CCC2(F)F)CC1.Cl. The van der Waals surface area contributed by atoms with Crippen molar-refractivity contribution in [1.29, 1.82) is 0 Å². The van der Waals surface area contributed by atoms with E-state index in [-0.39, 0.29) is 47.6 Å². The number of carbonyl (C=O) groups excluding carboxylic acids is 3. The molecule has 0 aromatic heterocycles. The standard InChI is InChI=1S/C39H38F2N4O3.ClH/c1-43-23-20-30(21-24-43)44(2)36(46)26-34-33-14-8-9-15-35(33)45(25-22-39(34,40)41)38(48)28-16-18-29(19-17-28)42-37(47)32-13-7-6-12-31(32)27-10-4-3-5-11-27;/h3-19,26,30H,20-25H2,1-2H3,(H,42,47);1H/b34-26-;. The van der Waals surface area contributed by atoms with E-state index in [1.54, 1.807) is 66.5 Å². The van der Waals surface area contributed by atoms with Crippen LogP contribution in [0.5, 0.6) is 0 Å². The summed E-state index contributed by atoms with van der Waals surface area (Å²) in [5.74, 6) is -4.56. The summed E-state index contributed by atoms with van der Waals surface area (Å²) in [6.45, 7) is 1.43. The van der Waals surface area contributed by atoms with E-state index in [0.29, 0.717) is 16.9 Å². The molecule has 0 bridgehead atoms. The van der Waals surface area contributed by atoms with Gasteiger partial charge in [-0.2, -0.15) is 0 Å². The van der Waals surface area contributed by atoms with Crippen molar-refractivity contribution in [1.82, 2.24) is 9.80 Å². The van der Waals surface area contributed by atoms with E-state index in [4.69, 9.17) is 0 Å². The molecule has 0 atom stereocenters. The van der Waals surface area contributed by atoms with Crippen molar-refractivity contribution < 1.29 is 23.2 Å². The summed E-state index contributed by atoms with van der Waals surface area (Å²) in [6, 6.07) is 29.8. The molecule has 2 aliphatic heterocycles. The third kappa shape index (κ3) is 7.74. The minimum Gasteiger partial charge on any atom is -0.339 e. The quantitative estimate of drug-likeness (QED) is 0.212. The van der Waals surface area contributed by atoms with Gasteiger partial charge in [-0.3, -0.25) is 14.4 Å². The van der Waals surface area contributed by atoms with Gasteiger partial charge >= 0.3 is 0 Å². The lowest BCUT2D eigenvalue weighted by molar-refractivity contribution is -0.127. The number of para-hydroxylation sites is 1. The summed E-state index contributed by atoms with van der Waals surface area (Å²) in [5.41, 5.74) is 3.07. The number of benzene rings is 4. The third-order valence-electron chi connectivity index (χ3n) is 9.27. The normalized spacial score (nSPS) is 17.0. The number of rotatable bonds is 6. The number of piperidine rings is 1. The highest BCUT2D eigenvalue weighted by atomic mass is 35.5. The average Bonchev–Trinajstić information content (AvgIpc) is 3.22. The molecule has 0 unspecified atom stereocenters. The Hall–Kier alpha value is -4.86. The van der Waals surface area contributed by atoms with Gasteiger partial charge in [0.1, 0.15) is 0 Å². The van der Waals surface area contributed by atoms with Crippen LogP contribution in [0, 0.1) is 0 Å². The number of halogens is 3. The number of likely N-dealkylation sites (tertiary alicyclic amines) is 1. The molecule has 254 valence electrons. The van der Waals surface area contributed by atoms with E-state index in [1.165, 1.54) is 11.0 Å². The molecule has 0 spiro atoms. The van der Waals surface area contributed by atoms with Crippen molar-refractivity contribution in [2.75, 3.05) is 43.9 Å². The summed E-state index contributed by atoms with van der Waals surface area (Å²) in [4.78, 5) is 45.5. The number of alkyl halides is 2. The lowest BCUT2D eigenvalue weighted by atomic mass is 9.96. The van der Waals surface area contributed by atoms with Crippen LogP contribution in [0.25, 0.3) is 16.7 Å². The molecule has 10 heteroatoms. The Morgan fingerprint density at radius 1 is 0.816 bits per heavy atom. The van der Waals surface area contributed by atoms with Crippen LogP contribution >= 0.6 is 12.4 Å². The molecule has 7 nitrogen and oxygen atoms in total. The number of nitrogens with one attached hydrogen (secondary N) is 1. The fourth-order valence-corrected chi connectivity index (χ4v) is 6.42. The molecule has 1 saturated heterocycles. The lowest BCUT2D eigenvalue weighted by Crippen LogP contribution is -2.44. The predicted molar refractivity (Wildman–Crippen MR) is 192 cm³/mol. The van der Waals surface area contributed by atoms with Crippen LogP contribution in [0.2, 0.25) is 0 Å². The first-order valence-electron chi connectivity index (χ1n) is 16.1. The Bertz CT molecular complexity index is 1840. The Morgan fingerprint density at radius 3 is 2.12 bits per heavy atom. The third-order valence-corrected chi connectivity index (χ3v) is 9.27. The highest BCUT2D eigenvalue weighted by Gasteiger charge is 2.42. The maximum absolute atomic E-state index is 15.8. The average molecular weight is 685 g/mol. The van der Waals surface area contributed by atoms with Crippen LogP contribution in [0.15, 0.2) is 109 Å². The Kier molecular flexibility index (Phi) is 11.0. The second-order valence-corrected chi connectivity index (χ2v) is 12.4. The lowest BCUT2D eigenvalue weighted by Gasteiger charge is -2.34. The van der Waals surface area contributed by atoms with Gasteiger partial charge in [-0.05, 0) is 80.5 Å². The molecular weight excluding hydrogens is 646 g/mol. The van der Waals surface area contributed by atoms with Gasteiger partial charge in [-0.1, -0.05) is 66.7 Å². The smallest absolute Gasteiger partial charge is 0.275 e. The minimum atomic E-state index is -3.33. The van der Waals surface area contributed by atoms with Gasteiger partial charge in [0, 0.05) is 60.1 Å². The maximum Gasteiger partial charge on any atom is 0.275 e. The number of hydrogen-bond donors (Lipinski definition) is 1. The second-order valence-electron chi connectivity index (χ2n) is 12.4. The Labute approximate surface area is 291 Å². The van der Waals surface area contributed by atoms with Crippen LogP contribution in [0.4, 0.5) is 20.2 Å². The maximum atomic E-state index is 15.8. The van der Waals surface area contributed by atoms with Crippen LogP contribution in [0.1, 0.15) is 45.5 Å². The van der Waals surface area contributed by atoms with Gasteiger partial charge in [0.15, 0.2) is 0 Å². The van der Waals surface area contributed by atoms with E-state index >= 15 is 8.78 Å². The molecule has 3 amide bonds. The first-order valence-corrected chi connectivity index (χ1v) is 16.1. The predicted octanol–water partition coefficient (Wildman–Crippen LogP) is 7.65. The number of carbonyl (C=O) groups is 3. The molecule has 49 heavy (non-hydrogen) atoms. The molecule has 2 heterocycles. The van der Waals surface area contributed by atoms with Crippen molar-refractivity contribution in [2.45, 2.75) is 31.2 Å². The minimum absolute atomic E-state index is 0. The zero-order valence-corrected chi connectivity index (χ0v) is 28.3. The number of amides is 3. The van der Waals surface area contributed by atoms with E-state index in [1.807, 2.05) is 49.5 Å². The van der Waals surface area contributed by atoms with Crippen molar-refractivity contribution in [3.8, 4) is 11.1 Å². The van der Waals surface area contributed by atoms with Crippen LogP contribution in [-0.4, -0.2) is 73.2 Å². The summed E-state index contributed by atoms with van der Waals surface area (Å²) in [7, 11) is 3.69. The van der Waals surface area contributed by atoms with Gasteiger partial charge in [0.05, 0.1) is 5.69 Å². The van der Waals surface area contributed by atoms with E-state index < -0.39 is 24.2 Å². The molecule has 1 fully saturated rings. The number of anilines is 2. The van der Waals surface area contributed by atoms with Gasteiger partial charge in [-0.25, -0.2) is 8.78 Å². The number of likely N-dealkylation sites (N-methyl/N-ethyl adjacent to an activating group) is 1.